The number of carbonyl (C=O) groups excluding carboxylic acids is 1. The molecule has 0 fully saturated rings. The summed E-state index contributed by atoms with van der Waals surface area (Å²) < 4.78 is 1.52. The molecule has 0 spiro atoms. The fourth-order valence-corrected chi connectivity index (χ4v) is 2.16. The molecule has 1 heterocycles. The van der Waals surface area contributed by atoms with Gasteiger partial charge in [-0.05, 0) is 24.4 Å². The van der Waals surface area contributed by atoms with Gasteiger partial charge in [-0.3, -0.25) is 14.8 Å². The molecular formula is C12H10Cl2N4OS. The second-order valence-electron chi connectivity index (χ2n) is 3.91. The number of carbonyl (C=O) groups is 1. The van der Waals surface area contributed by atoms with Crippen molar-refractivity contribution >= 4 is 52.1 Å². The average molecular weight is 329 g/mol. The zero-order chi connectivity index (χ0) is 14.7. The summed E-state index contributed by atoms with van der Waals surface area (Å²) in [6, 6.07) is 5.05. The molecule has 1 aromatic heterocycles. The highest BCUT2D eigenvalue weighted by molar-refractivity contribution is 7.80. The van der Waals surface area contributed by atoms with Crippen molar-refractivity contribution in [3.63, 3.8) is 0 Å². The standard InChI is InChI=1S/C12H10Cl2N4OS/c1-18-6-7(5-15-18)11(19)17-12(20)16-10-8(13)3-2-4-9(10)14/h2-6H,1H3,(H2,16,17,19,20). The fraction of sp³-hybridized carbons (Fsp3) is 0.0833. The highest BCUT2D eigenvalue weighted by atomic mass is 35.5. The molecule has 0 saturated carbocycles. The Hall–Kier alpha value is -1.63. The molecule has 20 heavy (non-hydrogen) atoms. The number of hydrogen-bond donors (Lipinski definition) is 2. The minimum atomic E-state index is -0.362. The van der Waals surface area contributed by atoms with Gasteiger partial charge in [0.2, 0.25) is 0 Å². The molecular weight excluding hydrogens is 319 g/mol. The zero-order valence-electron chi connectivity index (χ0n) is 10.4. The number of para-hydroxylation sites is 1. The van der Waals surface area contributed by atoms with Gasteiger partial charge in [0.25, 0.3) is 5.91 Å². The van der Waals surface area contributed by atoms with Crippen LogP contribution in [-0.2, 0) is 7.05 Å². The van der Waals surface area contributed by atoms with E-state index in [1.54, 1.807) is 31.4 Å². The number of aryl methyl sites for hydroxylation is 1. The molecule has 0 unspecified atom stereocenters. The third kappa shape index (κ3) is 3.47. The van der Waals surface area contributed by atoms with Gasteiger partial charge in [-0.15, -0.1) is 0 Å². The van der Waals surface area contributed by atoms with Crippen molar-refractivity contribution in [3.05, 3.63) is 46.2 Å². The van der Waals surface area contributed by atoms with E-state index in [2.05, 4.69) is 15.7 Å². The summed E-state index contributed by atoms with van der Waals surface area (Å²) in [5.74, 6) is -0.362. The molecule has 1 aromatic carbocycles. The van der Waals surface area contributed by atoms with E-state index in [4.69, 9.17) is 35.4 Å². The zero-order valence-corrected chi connectivity index (χ0v) is 12.7. The first kappa shape index (κ1) is 14.8. The summed E-state index contributed by atoms with van der Waals surface area (Å²) in [5, 5.41) is 10.2. The van der Waals surface area contributed by atoms with Crippen LogP contribution in [0, 0.1) is 0 Å². The van der Waals surface area contributed by atoms with Crippen molar-refractivity contribution in [1.82, 2.24) is 15.1 Å². The van der Waals surface area contributed by atoms with Crippen molar-refractivity contribution in [2.75, 3.05) is 5.32 Å². The first-order chi connectivity index (χ1) is 9.47. The number of anilines is 1. The Balaban J connectivity index is 2.04. The number of thiocarbonyl (C=S) groups is 1. The molecule has 1 amide bonds. The van der Waals surface area contributed by atoms with E-state index < -0.39 is 0 Å². The van der Waals surface area contributed by atoms with Gasteiger partial charge < -0.3 is 5.32 Å². The number of hydrogen-bond acceptors (Lipinski definition) is 3. The number of amides is 1. The molecule has 0 bridgehead atoms. The third-order valence-corrected chi connectivity index (χ3v) is 3.23. The van der Waals surface area contributed by atoms with Gasteiger partial charge in [-0.25, -0.2) is 0 Å². The van der Waals surface area contributed by atoms with Crippen LogP contribution in [0.15, 0.2) is 30.6 Å². The number of benzene rings is 1. The predicted molar refractivity (Wildman–Crippen MR) is 83.4 cm³/mol. The summed E-state index contributed by atoms with van der Waals surface area (Å²) in [7, 11) is 1.72. The molecule has 8 heteroatoms. The molecule has 2 N–H and O–H groups in total. The van der Waals surface area contributed by atoms with Crippen molar-refractivity contribution in [3.8, 4) is 0 Å². The van der Waals surface area contributed by atoms with Crippen LogP contribution in [0.2, 0.25) is 10.0 Å². The largest absolute Gasteiger partial charge is 0.330 e. The number of nitrogens with zero attached hydrogens (tertiary/aromatic N) is 2. The molecule has 104 valence electrons. The van der Waals surface area contributed by atoms with E-state index in [1.807, 2.05) is 0 Å². The van der Waals surface area contributed by atoms with Crippen LogP contribution >= 0.6 is 35.4 Å². The minimum Gasteiger partial charge on any atom is -0.330 e. The van der Waals surface area contributed by atoms with Gasteiger partial charge in [0.05, 0.1) is 27.5 Å². The lowest BCUT2D eigenvalue weighted by atomic mass is 10.3. The monoisotopic (exact) mass is 328 g/mol. The second kappa shape index (κ2) is 6.21. The predicted octanol–water partition coefficient (Wildman–Crippen LogP) is 2.85. The maximum atomic E-state index is 11.9. The van der Waals surface area contributed by atoms with E-state index in [-0.39, 0.29) is 11.0 Å². The maximum Gasteiger partial charge on any atom is 0.260 e. The lowest BCUT2D eigenvalue weighted by molar-refractivity contribution is 0.0977. The third-order valence-electron chi connectivity index (χ3n) is 2.40. The van der Waals surface area contributed by atoms with Crippen molar-refractivity contribution < 1.29 is 4.79 Å². The van der Waals surface area contributed by atoms with Crippen LogP contribution in [0.5, 0.6) is 0 Å². The van der Waals surface area contributed by atoms with Gasteiger partial charge in [-0.1, -0.05) is 29.3 Å². The van der Waals surface area contributed by atoms with E-state index in [9.17, 15) is 4.79 Å². The molecule has 0 aliphatic carbocycles. The van der Waals surface area contributed by atoms with Crippen molar-refractivity contribution in [2.45, 2.75) is 0 Å². The summed E-state index contributed by atoms with van der Waals surface area (Å²) in [6.07, 6.45) is 3.03. The summed E-state index contributed by atoms with van der Waals surface area (Å²) >= 11 is 17.0. The van der Waals surface area contributed by atoms with Gasteiger partial charge in [0.15, 0.2) is 5.11 Å². The first-order valence-electron chi connectivity index (χ1n) is 5.52. The number of aromatic nitrogens is 2. The van der Waals surface area contributed by atoms with E-state index in [0.29, 0.717) is 21.3 Å². The average Bonchev–Trinajstić information content (AvgIpc) is 2.81. The minimum absolute atomic E-state index is 0.105. The molecule has 0 aliphatic rings. The Morgan fingerprint density at radius 1 is 1.35 bits per heavy atom. The summed E-state index contributed by atoms with van der Waals surface area (Å²) in [5.41, 5.74) is 0.856. The lowest BCUT2D eigenvalue weighted by Gasteiger charge is -2.11. The Morgan fingerprint density at radius 2 is 2.00 bits per heavy atom. The quantitative estimate of drug-likeness (QED) is 0.832. The van der Waals surface area contributed by atoms with Crippen LogP contribution in [0.3, 0.4) is 0 Å². The molecule has 0 radical (unpaired) electrons. The van der Waals surface area contributed by atoms with E-state index in [1.165, 1.54) is 10.9 Å². The Morgan fingerprint density at radius 3 is 2.55 bits per heavy atom. The number of halogens is 2. The van der Waals surface area contributed by atoms with Gasteiger partial charge in [-0.2, -0.15) is 5.10 Å². The normalized spacial score (nSPS) is 10.2. The Kier molecular flexibility index (Phi) is 4.59. The second-order valence-corrected chi connectivity index (χ2v) is 5.13. The van der Waals surface area contributed by atoms with Crippen molar-refractivity contribution in [1.29, 1.82) is 0 Å². The number of rotatable bonds is 2. The smallest absolute Gasteiger partial charge is 0.260 e. The highest BCUT2D eigenvalue weighted by Gasteiger charge is 2.12. The van der Waals surface area contributed by atoms with Crippen LogP contribution < -0.4 is 10.6 Å². The summed E-state index contributed by atoms with van der Waals surface area (Å²) in [4.78, 5) is 11.9. The molecule has 2 rings (SSSR count). The van der Waals surface area contributed by atoms with Crippen LogP contribution in [0.1, 0.15) is 10.4 Å². The van der Waals surface area contributed by atoms with Gasteiger partial charge in [0.1, 0.15) is 0 Å². The van der Waals surface area contributed by atoms with Crippen LogP contribution in [0.4, 0.5) is 5.69 Å². The van der Waals surface area contributed by atoms with E-state index >= 15 is 0 Å². The maximum absolute atomic E-state index is 11.9. The SMILES string of the molecule is Cn1cc(C(=O)NC(=S)Nc2c(Cl)cccc2Cl)cn1. The summed E-state index contributed by atoms with van der Waals surface area (Å²) in [6.45, 7) is 0. The Labute approximate surface area is 130 Å². The Bertz CT molecular complexity index is 651. The van der Waals surface area contributed by atoms with Crippen molar-refractivity contribution in [2.24, 2.45) is 7.05 Å². The molecule has 0 aliphatic heterocycles. The van der Waals surface area contributed by atoms with Crippen LogP contribution in [-0.4, -0.2) is 20.8 Å². The molecule has 5 nitrogen and oxygen atoms in total. The number of nitrogens with one attached hydrogen (secondary N) is 2. The highest BCUT2D eigenvalue weighted by Crippen LogP contribution is 2.29. The molecule has 0 saturated heterocycles. The lowest BCUT2D eigenvalue weighted by Crippen LogP contribution is -2.34. The van der Waals surface area contributed by atoms with Gasteiger partial charge in [0, 0.05) is 13.2 Å². The van der Waals surface area contributed by atoms with Gasteiger partial charge >= 0.3 is 0 Å². The topological polar surface area (TPSA) is 59.0 Å². The van der Waals surface area contributed by atoms with Crippen LogP contribution in [0.25, 0.3) is 0 Å². The fourth-order valence-electron chi connectivity index (χ4n) is 1.48. The van der Waals surface area contributed by atoms with E-state index in [0.717, 1.165) is 0 Å². The molecule has 2 aromatic rings. The molecule has 0 atom stereocenters. The first-order valence-corrected chi connectivity index (χ1v) is 6.69.